The number of halogens is 4. The van der Waals surface area contributed by atoms with Gasteiger partial charge in [-0.25, -0.2) is 9.67 Å². The van der Waals surface area contributed by atoms with Crippen molar-refractivity contribution >= 4 is 11.6 Å². The molecule has 152 valence electrons. The average Bonchev–Trinajstić information content (AvgIpc) is 3.35. The number of aliphatic hydroxyl groups excluding tert-OH is 1. The van der Waals surface area contributed by atoms with Gasteiger partial charge in [0.25, 0.3) is 0 Å². The second-order valence-corrected chi connectivity index (χ2v) is 7.39. The normalized spacial score (nSPS) is 16.4. The first-order valence-electron chi connectivity index (χ1n) is 8.99. The van der Waals surface area contributed by atoms with Gasteiger partial charge in [0.05, 0.1) is 5.56 Å². The summed E-state index contributed by atoms with van der Waals surface area (Å²) in [5, 5.41) is 15.1. The third kappa shape index (κ3) is 4.38. The lowest BCUT2D eigenvalue weighted by Crippen LogP contribution is -2.23. The van der Waals surface area contributed by atoms with E-state index in [0.717, 1.165) is 18.9 Å². The van der Waals surface area contributed by atoms with Crippen LogP contribution in [0.1, 0.15) is 36.1 Å². The number of nitrogens with zero attached hydrogens (tertiary/aromatic N) is 3. The number of rotatable bonds is 6. The number of aromatic nitrogens is 3. The van der Waals surface area contributed by atoms with E-state index in [-0.39, 0.29) is 17.2 Å². The molecule has 2 atom stereocenters. The Balaban J connectivity index is 1.71. The quantitative estimate of drug-likeness (QED) is 0.574. The monoisotopic (exact) mass is 423 g/mol. The van der Waals surface area contributed by atoms with Gasteiger partial charge in [0, 0.05) is 10.9 Å². The molecule has 1 saturated carbocycles. The SMILES string of the molecule is OC(C(c1ccc(Oc2ccc(Cl)cc2)cc1C(F)(F)F)C1CC1)n1cncn1. The van der Waals surface area contributed by atoms with Crippen LogP contribution in [0.15, 0.2) is 55.1 Å². The third-order valence-corrected chi connectivity index (χ3v) is 5.15. The van der Waals surface area contributed by atoms with Crippen LogP contribution in [-0.2, 0) is 6.18 Å². The summed E-state index contributed by atoms with van der Waals surface area (Å²) in [4.78, 5) is 3.78. The van der Waals surface area contributed by atoms with Crippen LogP contribution in [0, 0.1) is 5.92 Å². The van der Waals surface area contributed by atoms with Crippen molar-refractivity contribution in [2.24, 2.45) is 5.92 Å². The van der Waals surface area contributed by atoms with Gasteiger partial charge < -0.3 is 9.84 Å². The zero-order chi connectivity index (χ0) is 20.6. The highest BCUT2D eigenvalue weighted by molar-refractivity contribution is 6.30. The van der Waals surface area contributed by atoms with Crippen molar-refractivity contribution < 1.29 is 23.0 Å². The molecule has 29 heavy (non-hydrogen) atoms. The van der Waals surface area contributed by atoms with Crippen LogP contribution in [0.5, 0.6) is 11.5 Å². The van der Waals surface area contributed by atoms with E-state index >= 15 is 0 Å². The summed E-state index contributed by atoms with van der Waals surface area (Å²) in [5.74, 6) is -0.388. The number of aliphatic hydroxyl groups is 1. The van der Waals surface area contributed by atoms with Crippen LogP contribution in [0.3, 0.4) is 0 Å². The Morgan fingerprint density at radius 2 is 1.79 bits per heavy atom. The predicted molar refractivity (Wildman–Crippen MR) is 99.7 cm³/mol. The highest BCUT2D eigenvalue weighted by Gasteiger charge is 2.44. The minimum Gasteiger partial charge on any atom is -0.457 e. The average molecular weight is 424 g/mol. The molecule has 1 heterocycles. The summed E-state index contributed by atoms with van der Waals surface area (Å²) in [5.41, 5.74) is -0.813. The summed E-state index contributed by atoms with van der Waals surface area (Å²) in [6, 6.07) is 10.1. The van der Waals surface area contributed by atoms with Crippen LogP contribution < -0.4 is 4.74 Å². The maximum Gasteiger partial charge on any atom is 0.416 e. The van der Waals surface area contributed by atoms with E-state index in [1.807, 2.05) is 0 Å². The zero-order valence-electron chi connectivity index (χ0n) is 15.1. The maximum atomic E-state index is 13.9. The molecule has 1 aliphatic carbocycles. The van der Waals surface area contributed by atoms with Crippen LogP contribution in [-0.4, -0.2) is 19.9 Å². The van der Waals surface area contributed by atoms with Crippen LogP contribution in [0.25, 0.3) is 0 Å². The fourth-order valence-electron chi connectivity index (χ4n) is 3.41. The van der Waals surface area contributed by atoms with Gasteiger partial charge in [-0.2, -0.15) is 18.3 Å². The lowest BCUT2D eigenvalue weighted by atomic mass is 9.88. The molecule has 0 spiro atoms. The number of benzene rings is 2. The Labute approximate surface area is 169 Å². The van der Waals surface area contributed by atoms with E-state index in [1.54, 1.807) is 24.3 Å². The van der Waals surface area contributed by atoms with Crippen molar-refractivity contribution in [1.29, 1.82) is 0 Å². The van der Waals surface area contributed by atoms with Crippen molar-refractivity contribution in [3.05, 3.63) is 71.3 Å². The van der Waals surface area contributed by atoms with Gasteiger partial charge in [-0.1, -0.05) is 17.7 Å². The molecule has 2 unspecified atom stereocenters. The standard InChI is InChI=1S/C20H17ClF3N3O2/c21-13-3-5-14(6-4-13)29-15-7-8-16(17(9-15)20(22,23)24)18(12-1-2-12)19(28)27-11-25-10-26-27/h3-12,18-19,28H,1-2H2. The first-order chi connectivity index (χ1) is 13.8. The first kappa shape index (κ1) is 19.7. The molecular formula is C20H17ClF3N3O2. The summed E-state index contributed by atoms with van der Waals surface area (Å²) >= 11 is 5.82. The fourth-order valence-corrected chi connectivity index (χ4v) is 3.53. The highest BCUT2D eigenvalue weighted by atomic mass is 35.5. The van der Waals surface area contributed by atoms with Crippen molar-refractivity contribution in [3.8, 4) is 11.5 Å². The van der Waals surface area contributed by atoms with Gasteiger partial charge in [0.2, 0.25) is 0 Å². The Hall–Kier alpha value is -2.58. The van der Waals surface area contributed by atoms with Crippen LogP contribution in [0.2, 0.25) is 5.02 Å². The molecule has 1 fully saturated rings. The summed E-state index contributed by atoms with van der Waals surface area (Å²) < 4.78 is 48.4. The lowest BCUT2D eigenvalue weighted by molar-refractivity contribution is -0.139. The molecule has 1 aliphatic rings. The van der Waals surface area contributed by atoms with Gasteiger partial charge in [0.15, 0.2) is 6.23 Å². The van der Waals surface area contributed by atoms with E-state index in [1.165, 1.54) is 29.5 Å². The second-order valence-electron chi connectivity index (χ2n) is 6.96. The minimum atomic E-state index is -4.61. The molecule has 0 amide bonds. The van der Waals surface area contributed by atoms with Crippen LogP contribution >= 0.6 is 11.6 Å². The minimum absolute atomic E-state index is 0.0199. The van der Waals surface area contributed by atoms with Gasteiger partial charge in [-0.05, 0) is 60.7 Å². The molecule has 1 N–H and O–H groups in total. The number of hydrogen-bond acceptors (Lipinski definition) is 4. The van der Waals surface area contributed by atoms with E-state index in [9.17, 15) is 18.3 Å². The van der Waals surface area contributed by atoms with Gasteiger partial charge in [0.1, 0.15) is 24.2 Å². The van der Waals surface area contributed by atoms with Crippen molar-refractivity contribution in [1.82, 2.24) is 14.8 Å². The zero-order valence-corrected chi connectivity index (χ0v) is 15.8. The van der Waals surface area contributed by atoms with Gasteiger partial charge in [-0.3, -0.25) is 0 Å². The molecule has 2 aromatic carbocycles. The molecule has 4 rings (SSSR count). The van der Waals surface area contributed by atoms with E-state index < -0.39 is 23.9 Å². The lowest BCUT2D eigenvalue weighted by Gasteiger charge is -2.26. The van der Waals surface area contributed by atoms with Crippen LogP contribution in [0.4, 0.5) is 13.2 Å². The molecule has 0 radical (unpaired) electrons. The molecule has 5 nitrogen and oxygen atoms in total. The topological polar surface area (TPSA) is 60.2 Å². The Kier molecular flexibility index (Phi) is 5.23. The molecule has 1 aromatic heterocycles. The number of hydrogen-bond donors (Lipinski definition) is 1. The number of ether oxygens (including phenoxy) is 1. The first-order valence-corrected chi connectivity index (χ1v) is 9.37. The summed E-state index contributed by atoms with van der Waals surface area (Å²) in [6.45, 7) is 0. The maximum absolute atomic E-state index is 13.9. The summed E-state index contributed by atoms with van der Waals surface area (Å²) in [6.07, 6.45) is -1.82. The van der Waals surface area contributed by atoms with E-state index in [0.29, 0.717) is 10.8 Å². The highest BCUT2D eigenvalue weighted by Crippen LogP contribution is 2.50. The van der Waals surface area contributed by atoms with Crippen molar-refractivity contribution in [2.75, 3.05) is 0 Å². The molecule has 0 saturated heterocycles. The molecule has 0 bridgehead atoms. The largest absolute Gasteiger partial charge is 0.457 e. The molecule has 3 aromatic rings. The molecule has 9 heteroatoms. The Bertz CT molecular complexity index is 974. The van der Waals surface area contributed by atoms with Crippen molar-refractivity contribution in [3.63, 3.8) is 0 Å². The molecular weight excluding hydrogens is 407 g/mol. The van der Waals surface area contributed by atoms with E-state index in [4.69, 9.17) is 16.3 Å². The number of alkyl halides is 3. The molecule has 0 aliphatic heterocycles. The van der Waals surface area contributed by atoms with Gasteiger partial charge >= 0.3 is 6.18 Å². The van der Waals surface area contributed by atoms with E-state index in [2.05, 4.69) is 10.1 Å². The third-order valence-electron chi connectivity index (χ3n) is 4.90. The second kappa shape index (κ2) is 7.68. The van der Waals surface area contributed by atoms with Gasteiger partial charge in [-0.15, -0.1) is 0 Å². The fraction of sp³-hybridized carbons (Fsp3) is 0.300. The summed E-state index contributed by atoms with van der Waals surface area (Å²) in [7, 11) is 0. The van der Waals surface area contributed by atoms with Crippen molar-refractivity contribution in [2.45, 2.75) is 31.2 Å². The Morgan fingerprint density at radius 3 is 2.38 bits per heavy atom. The Morgan fingerprint density at radius 1 is 1.10 bits per heavy atom. The predicted octanol–water partition coefficient (Wildman–Crippen LogP) is 5.43. The smallest absolute Gasteiger partial charge is 0.416 e.